The van der Waals surface area contributed by atoms with Gasteiger partial charge in [0.15, 0.2) is 0 Å². The fourth-order valence-corrected chi connectivity index (χ4v) is 3.75. The van der Waals surface area contributed by atoms with E-state index in [9.17, 15) is 4.21 Å². The Morgan fingerprint density at radius 3 is 2.36 bits per heavy atom. The molecular weight excluding hydrogens is 156 g/mol. The Labute approximate surface area is 72.0 Å². The van der Waals surface area contributed by atoms with Gasteiger partial charge in [0.05, 0.1) is 0 Å². The highest BCUT2D eigenvalue weighted by molar-refractivity contribution is 7.85. The minimum absolute atomic E-state index is 0.434. The molecule has 0 aliphatic carbocycles. The maximum absolute atomic E-state index is 11.3. The van der Waals surface area contributed by atoms with Crippen LogP contribution in [0.25, 0.3) is 0 Å². The van der Waals surface area contributed by atoms with E-state index in [-0.39, 0.29) is 0 Å². The predicted octanol–water partition coefficient (Wildman–Crippen LogP) is 2.34. The fourth-order valence-electron chi connectivity index (χ4n) is 1.90. The van der Waals surface area contributed by atoms with Crippen LogP contribution in [0.4, 0.5) is 0 Å². The molecule has 0 radical (unpaired) electrons. The zero-order valence-electron chi connectivity index (χ0n) is 7.56. The Balaban J connectivity index is 2.59. The molecule has 1 fully saturated rings. The average molecular weight is 174 g/mol. The first-order valence-electron chi connectivity index (χ1n) is 4.57. The SMILES string of the molecule is CCC1(CC)CCCS(=O)C1. The Kier molecular flexibility index (Phi) is 3.11. The van der Waals surface area contributed by atoms with Crippen molar-refractivity contribution in [3.63, 3.8) is 0 Å². The first kappa shape index (κ1) is 9.24. The molecule has 1 rings (SSSR count). The lowest BCUT2D eigenvalue weighted by atomic mass is 9.80. The van der Waals surface area contributed by atoms with Gasteiger partial charge in [-0.05, 0) is 31.1 Å². The van der Waals surface area contributed by atoms with Crippen LogP contribution in [0.3, 0.4) is 0 Å². The molecule has 11 heavy (non-hydrogen) atoms. The summed E-state index contributed by atoms with van der Waals surface area (Å²) in [4.78, 5) is 0. The van der Waals surface area contributed by atoms with E-state index in [4.69, 9.17) is 0 Å². The number of hydrogen-bond acceptors (Lipinski definition) is 1. The Morgan fingerprint density at radius 2 is 2.00 bits per heavy atom. The maximum Gasteiger partial charge on any atom is 0.0291 e. The molecule has 0 bridgehead atoms. The molecule has 1 atom stereocenters. The molecule has 0 amide bonds. The van der Waals surface area contributed by atoms with Crippen LogP contribution in [0.5, 0.6) is 0 Å². The standard InChI is InChI=1S/C9H18OS/c1-3-9(4-2)6-5-7-11(10)8-9/h3-8H2,1-2H3. The van der Waals surface area contributed by atoms with Crippen molar-refractivity contribution in [1.82, 2.24) is 0 Å². The van der Waals surface area contributed by atoms with Gasteiger partial charge in [0, 0.05) is 22.3 Å². The maximum atomic E-state index is 11.3. The van der Waals surface area contributed by atoms with Crippen molar-refractivity contribution >= 4 is 10.8 Å². The second-order valence-corrected chi connectivity index (χ2v) is 5.18. The second kappa shape index (κ2) is 3.70. The molecule has 0 N–H and O–H groups in total. The quantitative estimate of drug-likeness (QED) is 0.628. The molecule has 1 aliphatic heterocycles. The van der Waals surface area contributed by atoms with E-state index in [1.165, 1.54) is 25.7 Å². The highest BCUT2D eigenvalue weighted by atomic mass is 32.2. The molecule has 0 aromatic carbocycles. The lowest BCUT2D eigenvalue weighted by Crippen LogP contribution is -2.32. The van der Waals surface area contributed by atoms with E-state index < -0.39 is 10.8 Å². The van der Waals surface area contributed by atoms with Crippen LogP contribution in [-0.2, 0) is 10.8 Å². The van der Waals surface area contributed by atoms with Crippen molar-refractivity contribution in [2.24, 2.45) is 5.41 Å². The van der Waals surface area contributed by atoms with Gasteiger partial charge in [-0.2, -0.15) is 0 Å². The summed E-state index contributed by atoms with van der Waals surface area (Å²) in [6.45, 7) is 4.46. The third-order valence-electron chi connectivity index (χ3n) is 3.05. The highest BCUT2D eigenvalue weighted by Gasteiger charge is 2.31. The van der Waals surface area contributed by atoms with E-state index in [2.05, 4.69) is 13.8 Å². The van der Waals surface area contributed by atoms with E-state index in [1.54, 1.807) is 0 Å². The molecule has 1 saturated heterocycles. The molecule has 1 nitrogen and oxygen atoms in total. The molecule has 2 heteroatoms. The van der Waals surface area contributed by atoms with Crippen LogP contribution < -0.4 is 0 Å². The predicted molar refractivity (Wildman–Crippen MR) is 50.1 cm³/mol. The largest absolute Gasteiger partial charge is 0.260 e. The summed E-state index contributed by atoms with van der Waals surface area (Å²) in [5.41, 5.74) is 0.434. The van der Waals surface area contributed by atoms with Crippen LogP contribution in [-0.4, -0.2) is 15.7 Å². The Hall–Kier alpha value is 0.150. The van der Waals surface area contributed by atoms with Crippen molar-refractivity contribution < 1.29 is 4.21 Å². The summed E-state index contributed by atoms with van der Waals surface area (Å²) in [5, 5.41) is 0. The monoisotopic (exact) mass is 174 g/mol. The van der Waals surface area contributed by atoms with Crippen molar-refractivity contribution in [3.05, 3.63) is 0 Å². The smallest absolute Gasteiger partial charge is 0.0291 e. The molecule has 0 aromatic rings. The lowest BCUT2D eigenvalue weighted by Gasteiger charge is -2.34. The summed E-state index contributed by atoms with van der Waals surface area (Å²) in [6.07, 6.45) is 4.88. The fraction of sp³-hybridized carbons (Fsp3) is 1.00. The van der Waals surface area contributed by atoms with Crippen LogP contribution in [0.1, 0.15) is 39.5 Å². The van der Waals surface area contributed by atoms with Crippen LogP contribution in [0, 0.1) is 5.41 Å². The van der Waals surface area contributed by atoms with E-state index in [0.717, 1.165) is 11.5 Å². The molecular formula is C9H18OS. The minimum atomic E-state index is -0.509. The number of hydrogen-bond donors (Lipinski definition) is 0. The molecule has 0 saturated carbocycles. The average Bonchev–Trinajstić information content (AvgIpc) is 2.04. The minimum Gasteiger partial charge on any atom is -0.260 e. The van der Waals surface area contributed by atoms with E-state index >= 15 is 0 Å². The first-order valence-corrected chi connectivity index (χ1v) is 6.06. The molecule has 1 heterocycles. The van der Waals surface area contributed by atoms with Crippen molar-refractivity contribution in [1.29, 1.82) is 0 Å². The molecule has 1 aliphatic rings. The zero-order valence-corrected chi connectivity index (χ0v) is 8.38. The summed E-state index contributed by atoms with van der Waals surface area (Å²) in [6, 6.07) is 0. The van der Waals surface area contributed by atoms with Crippen molar-refractivity contribution in [3.8, 4) is 0 Å². The third kappa shape index (κ3) is 2.05. The highest BCUT2D eigenvalue weighted by Crippen LogP contribution is 2.36. The van der Waals surface area contributed by atoms with Crippen LogP contribution in [0.2, 0.25) is 0 Å². The van der Waals surface area contributed by atoms with Gasteiger partial charge in [-0.1, -0.05) is 13.8 Å². The normalized spacial score (nSPS) is 30.2. The van der Waals surface area contributed by atoms with Gasteiger partial charge in [0.25, 0.3) is 0 Å². The van der Waals surface area contributed by atoms with Gasteiger partial charge >= 0.3 is 0 Å². The second-order valence-electron chi connectivity index (χ2n) is 3.60. The van der Waals surface area contributed by atoms with E-state index in [1.807, 2.05) is 0 Å². The van der Waals surface area contributed by atoms with Crippen LogP contribution in [0.15, 0.2) is 0 Å². The lowest BCUT2D eigenvalue weighted by molar-refractivity contribution is 0.268. The molecule has 66 valence electrons. The van der Waals surface area contributed by atoms with Gasteiger partial charge in [-0.25, -0.2) is 0 Å². The first-order chi connectivity index (χ1) is 5.22. The topological polar surface area (TPSA) is 17.1 Å². The zero-order chi connectivity index (χ0) is 8.32. The van der Waals surface area contributed by atoms with Gasteiger partial charge < -0.3 is 0 Å². The van der Waals surface area contributed by atoms with E-state index in [0.29, 0.717) is 5.41 Å². The Morgan fingerprint density at radius 1 is 1.36 bits per heavy atom. The summed E-state index contributed by atoms with van der Waals surface area (Å²) < 4.78 is 11.3. The number of rotatable bonds is 2. The van der Waals surface area contributed by atoms with Crippen molar-refractivity contribution in [2.75, 3.05) is 11.5 Å². The molecule has 0 spiro atoms. The van der Waals surface area contributed by atoms with Gasteiger partial charge in [-0.3, -0.25) is 4.21 Å². The van der Waals surface area contributed by atoms with Crippen LogP contribution >= 0.6 is 0 Å². The Bertz CT molecular complexity index is 150. The van der Waals surface area contributed by atoms with Gasteiger partial charge in [-0.15, -0.1) is 0 Å². The summed E-state index contributed by atoms with van der Waals surface area (Å²) in [7, 11) is -0.509. The molecule has 1 unspecified atom stereocenters. The van der Waals surface area contributed by atoms with Gasteiger partial charge in [0.1, 0.15) is 0 Å². The van der Waals surface area contributed by atoms with Gasteiger partial charge in [0.2, 0.25) is 0 Å². The summed E-state index contributed by atoms with van der Waals surface area (Å²) in [5.74, 6) is 1.90. The third-order valence-corrected chi connectivity index (χ3v) is 4.72. The van der Waals surface area contributed by atoms with Crippen molar-refractivity contribution in [2.45, 2.75) is 39.5 Å². The molecule has 0 aromatic heterocycles. The summed E-state index contributed by atoms with van der Waals surface area (Å²) >= 11 is 0.